The summed E-state index contributed by atoms with van der Waals surface area (Å²) in [5.41, 5.74) is 0. The molecule has 0 aromatic rings. The van der Waals surface area contributed by atoms with Crippen molar-refractivity contribution in [1.82, 2.24) is 0 Å². The number of ether oxygens (including phenoxy) is 2. The third kappa shape index (κ3) is 6.15. The molecule has 0 aliphatic heterocycles. The maximum atomic E-state index is 10.5. The summed E-state index contributed by atoms with van der Waals surface area (Å²) in [4.78, 5) is 17.1. The van der Waals surface area contributed by atoms with Gasteiger partial charge in [-0.3, -0.25) is 0 Å². The molecule has 0 saturated carbocycles. The van der Waals surface area contributed by atoms with Crippen LogP contribution in [0.25, 0.3) is 0 Å². The molecule has 0 aliphatic carbocycles. The van der Waals surface area contributed by atoms with Crippen LogP contribution in [-0.2, 0) is 18.6 Å². The maximum absolute atomic E-state index is 10.5. The van der Waals surface area contributed by atoms with Crippen molar-refractivity contribution < 1.29 is 28.3 Å². The Kier molecular flexibility index (Phi) is 5.06. The van der Waals surface area contributed by atoms with Crippen LogP contribution >= 0.6 is 7.82 Å². The second-order valence-corrected chi connectivity index (χ2v) is 3.47. The summed E-state index contributed by atoms with van der Waals surface area (Å²) >= 11 is 0. The summed E-state index contributed by atoms with van der Waals surface area (Å²) in [6.07, 6.45) is 0. The molecule has 0 fully saturated rings. The Morgan fingerprint density at radius 2 is 1.62 bits per heavy atom. The number of phosphoric ester groups is 1. The Morgan fingerprint density at radius 3 is 1.85 bits per heavy atom. The monoisotopic (exact) mass is 214 g/mol. The summed E-state index contributed by atoms with van der Waals surface area (Å²) in [5.74, 6) is -1.68. The smallest absolute Gasteiger partial charge is 0.328 e. The van der Waals surface area contributed by atoms with E-state index in [1.807, 2.05) is 0 Å². The Bertz CT molecular complexity index is 182. The number of hydrogen-bond acceptors (Lipinski definition) is 4. The first kappa shape index (κ1) is 13.0. The third-order valence-corrected chi connectivity index (χ3v) is 1.67. The summed E-state index contributed by atoms with van der Waals surface area (Å²) in [5, 5.41) is 0. The minimum absolute atomic E-state index is 0.233. The first-order chi connectivity index (χ1) is 5.83. The van der Waals surface area contributed by atoms with E-state index in [4.69, 9.17) is 19.3 Å². The number of phosphoric acid groups is 1. The summed E-state index contributed by atoms with van der Waals surface area (Å²) in [7, 11) is -4.60. The maximum Gasteiger partial charge on any atom is 0.473 e. The first-order valence-corrected chi connectivity index (χ1v) is 5.40. The third-order valence-electron chi connectivity index (χ3n) is 1.10. The molecule has 0 atom stereocenters. The van der Waals surface area contributed by atoms with Gasteiger partial charge in [-0.25, -0.2) is 9.09 Å². The standard InChI is InChI=1S/C6H15O6P/c1-4-10-6(3,11-5-2)12-13(7,8)9/h4-5H2,1-3H3,(H2,7,8,9). The van der Waals surface area contributed by atoms with Crippen molar-refractivity contribution in [1.29, 1.82) is 0 Å². The van der Waals surface area contributed by atoms with Gasteiger partial charge in [-0.05, 0) is 13.8 Å². The summed E-state index contributed by atoms with van der Waals surface area (Å²) in [6.45, 7) is 5.10. The molecule has 0 aromatic carbocycles. The Morgan fingerprint density at radius 1 is 1.23 bits per heavy atom. The molecule has 7 heteroatoms. The van der Waals surface area contributed by atoms with Crippen LogP contribution < -0.4 is 0 Å². The van der Waals surface area contributed by atoms with Crippen LogP contribution in [0, 0.1) is 0 Å². The second kappa shape index (κ2) is 5.05. The van der Waals surface area contributed by atoms with Crippen LogP contribution in [-0.4, -0.2) is 29.0 Å². The van der Waals surface area contributed by atoms with E-state index < -0.39 is 13.8 Å². The van der Waals surface area contributed by atoms with Gasteiger partial charge < -0.3 is 19.3 Å². The lowest BCUT2D eigenvalue weighted by atomic mass is 10.6. The molecule has 0 aliphatic rings. The molecule has 0 radical (unpaired) electrons. The van der Waals surface area contributed by atoms with Gasteiger partial charge in [0.2, 0.25) is 0 Å². The average Bonchev–Trinajstić information content (AvgIpc) is 1.82. The average molecular weight is 214 g/mol. The molecule has 0 unspecified atom stereocenters. The quantitative estimate of drug-likeness (QED) is 0.503. The van der Waals surface area contributed by atoms with Gasteiger partial charge in [-0.15, -0.1) is 0 Å². The van der Waals surface area contributed by atoms with Gasteiger partial charge in [-0.2, -0.15) is 0 Å². The van der Waals surface area contributed by atoms with Crippen molar-refractivity contribution in [3.8, 4) is 0 Å². The Labute approximate surface area is 77.0 Å². The fourth-order valence-electron chi connectivity index (χ4n) is 0.835. The van der Waals surface area contributed by atoms with E-state index in [-0.39, 0.29) is 13.2 Å². The van der Waals surface area contributed by atoms with Crippen LogP contribution in [0.5, 0.6) is 0 Å². The van der Waals surface area contributed by atoms with Crippen molar-refractivity contribution in [3.63, 3.8) is 0 Å². The van der Waals surface area contributed by atoms with E-state index in [1.54, 1.807) is 13.8 Å². The molecule has 2 N–H and O–H groups in total. The Balaban J connectivity index is 4.31. The van der Waals surface area contributed by atoms with E-state index in [0.29, 0.717) is 0 Å². The lowest BCUT2D eigenvalue weighted by Gasteiger charge is -2.28. The van der Waals surface area contributed by atoms with E-state index in [2.05, 4.69) is 4.52 Å². The van der Waals surface area contributed by atoms with Crippen LogP contribution in [0.2, 0.25) is 0 Å². The molecule has 0 heterocycles. The largest absolute Gasteiger partial charge is 0.473 e. The zero-order chi connectivity index (χ0) is 10.5. The molecule has 0 saturated heterocycles. The molecule has 6 nitrogen and oxygen atoms in total. The van der Waals surface area contributed by atoms with Crippen molar-refractivity contribution >= 4 is 7.82 Å². The van der Waals surface area contributed by atoms with Crippen LogP contribution in [0.4, 0.5) is 0 Å². The fourth-order valence-corrected chi connectivity index (χ4v) is 1.37. The van der Waals surface area contributed by atoms with Gasteiger partial charge in [0.25, 0.3) is 5.97 Å². The zero-order valence-corrected chi connectivity index (χ0v) is 8.78. The van der Waals surface area contributed by atoms with E-state index >= 15 is 0 Å². The molecule has 0 amide bonds. The predicted molar refractivity (Wildman–Crippen MR) is 44.8 cm³/mol. The first-order valence-electron chi connectivity index (χ1n) is 3.87. The summed E-state index contributed by atoms with van der Waals surface area (Å²) in [6, 6.07) is 0. The van der Waals surface area contributed by atoms with E-state index in [9.17, 15) is 4.57 Å². The van der Waals surface area contributed by atoms with Crippen LogP contribution in [0.3, 0.4) is 0 Å². The highest BCUT2D eigenvalue weighted by Gasteiger charge is 2.34. The second-order valence-electron chi connectivity index (χ2n) is 2.31. The van der Waals surface area contributed by atoms with Gasteiger partial charge in [-0.1, -0.05) is 0 Å². The lowest BCUT2D eigenvalue weighted by molar-refractivity contribution is -0.334. The normalized spacial score (nSPS) is 13.3. The minimum Gasteiger partial charge on any atom is -0.328 e. The minimum atomic E-state index is -4.60. The Hall–Kier alpha value is 0.0300. The van der Waals surface area contributed by atoms with Gasteiger partial charge in [0, 0.05) is 20.1 Å². The van der Waals surface area contributed by atoms with Gasteiger partial charge >= 0.3 is 7.82 Å². The topological polar surface area (TPSA) is 85.2 Å². The van der Waals surface area contributed by atoms with Crippen molar-refractivity contribution in [2.75, 3.05) is 13.2 Å². The molecule has 80 valence electrons. The lowest BCUT2D eigenvalue weighted by Crippen LogP contribution is -2.34. The van der Waals surface area contributed by atoms with Crippen molar-refractivity contribution in [2.24, 2.45) is 0 Å². The molecular weight excluding hydrogens is 199 g/mol. The molecule has 0 aromatic heterocycles. The van der Waals surface area contributed by atoms with Crippen molar-refractivity contribution in [3.05, 3.63) is 0 Å². The molecular formula is C6H15O6P. The van der Waals surface area contributed by atoms with Crippen molar-refractivity contribution in [2.45, 2.75) is 26.7 Å². The SMILES string of the molecule is CCOC(C)(OCC)OP(=O)(O)O. The van der Waals surface area contributed by atoms with Gasteiger partial charge in [0.1, 0.15) is 0 Å². The summed E-state index contributed by atoms with van der Waals surface area (Å²) < 4.78 is 24.7. The van der Waals surface area contributed by atoms with Crippen LogP contribution in [0.1, 0.15) is 20.8 Å². The van der Waals surface area contributed by atoms with Crippen LogP contribution in [0.15, 0.2) is 0 Å². The molecule has 0 rings (SSSR count). The van der Waals surface area contributed by atoms with E-state index in [1.165, 1.54) is 6.92 Å². The fraction of sp³-hybridized carbons (Fsp3) is 1.00. The highest BCUT2D eigenvalue weighted by molar-refractivity contribution is 7.46. The molecule has 0 spiro atoms. The molecule has 0 bridgehead atoms. The van der Waals surface area contributed by atoms with Gasteiger partial charge in [0.15, 0.2) is 0 Å². The van der Waals surface area contributed by atoms with Gasteiger partial charge in [0.05, 0.1) is 0 Å². The van der Waals surface area contributed by atoms with E-state index in [0.717, 1.165) is 0 Å². The molecule has 13 heavy (non-hydrogen) atoms. The number of rotatable bonds is 6. The highest BCUT2D eigenvalue weighted by Crippen LogP contribution is 2.42. The highest BCUT2D eigenvalue weighted by atomic mass is 31.2. The predicted octanol–water partition coefficient (Wildman–Crippen LogP) is 0.842. The number of hydrogen-bond donors (Lipinski definition) is 2. The zero-order valence-electron chi connectivity index (χ0n) is 7.89.